The van der Waals surface area contributed by atoms with Gasteiger partial charge in [0.1, 0.15) is 23.2 Å². The molecule has 0 aliphatic heterocycles. The van der Waals surface area contributed by atoms with Crippen LogP contribution in [0.2, 0.25) is 0 Å². The van der Waals surface area contributed by atoms with E-state index in [9.17, 15) is 18.0 Å². The van der Waals surface area contributed by atoms with Crippen molar-refractivity contribution in [1.82, 2.24) is 0 Å². The largest absolute Gasteiger partial charge is 0.496 e. The highest BCUT2D eigenvalue weighted by atomic mass is 79.9. The molecule has 0 atom stereocenters. The summed E-state index contributed by atoms with van der Waals surface area (Å²) in [6.07, 6.45) is 0. The second-order valence-electron chi connectivity index (χ2n) is 3.92. The number of carbonyl (C=O) groups is 1. The van der Waals surface area contributed by atoms with E-state index < -0.39 is 23.2 Å². The van der Waals surface area contributed by atoms with Crippen LogP contribution in [0.4, 0.5) is 13.2 Å². The van der Waals surface area contributed by atoms with Crippen LogP contribution in [0, 0.1) is 17.5 Å². The molecule has 0 radical (unpaired) electrons. The molecule has 0 saturated heterocycles. The number of rotatable bonds is 3. The Morgan fingerprint density at radius 2 is 1.75 bits per heavy atom. The van der Waals surface area contributed by atoms with E-state index in [0.29, 0.717) is 6.07 Å². The first-order valence-corrected chi connectivity index (χ1v) is 6.26. The van der Waals surface area contributed by atoms with Gasteiger partial charge in [0.25, 0.3) is 0 Å². The summed E-state index contributed by atoms with van der Waals surface area (Å²) >= 11 is 2.94. The number of halogens is 4. The molecule has 0 bridgehead atoms. The number of ether oxygens (including phenoxy) is 1. The zero-order chi connectivity index (χ0) is 14.9. The lowest BCUT2D eigenvalue weighted by molar-refractivity contribution is 0.103. The van der Waals surface area contributed by atoms with E-state index in [4.69, 9.17) is 4.74 Å². The van der Waals surface area contributed by atoms with Gasteiger partial charge in [0, 0.05) is 12.1 Å². The molecule has 0 aromatic heterocycles. The molecule has 0 aliphatic rings. The minimum absolute atomic E-state index is 0.0220. The molecule has 0 spiro atoms. The molecule has 0 unspecified atom stereocenters. The van der Waals surface area contributed by atoms with E-state index in [1.165, 1.54) is 13.2 Å². The van der Waals surface area contributed by atoms with Crippen molar-refractivity contribution < 1.29 is 22.7 Å². The van der Waals surface area contributed by atoms with Crippen molar-refractivity contribution in [2.45, 2.75) is 0 Å². The Kier molecular flexibility index (Phi) is 4.13. The van der Waals surface area contributed by atoms with Crippen LogP contribution in [0.25, 0.3) is 0 Å². The Morgan fingerprint density at radius 3 is 2.35 bits per heavy atom. The predicted octanol–water partition coefficient (Wildman–Crippen LogP) is 4.11. The summed E-state index contributed by atoms with van der Waals surface area (Å²) in [5, 5.41) is 0. The molecule has 2 aromatic rings. The van der Waals surface area contributed by atoms with Gasteiger partial charge in [-0.15, -0.1) is 0 Å². The number of ketones is 1. The summed E-state index contributed by atoms with van der Waals surface area (Å²) in [7, 11) is 1.26. The van der Waals surface area contributed by atoms with Crippen LogP contribution in [-0.2, 0) is 0 Å². The second-order valence-corrected chi connectivity index (χ2v) is 4.77. The summed E-state index contributed by atoms with van der Waals surface area (Å²) in [6, 6.07) is 4.82. The Labute approximate surface area is 121 Å². The van der Waals surface area contributed by atoms with Gasteiger partial charge in [-0.25, -0.2) is 13.2 Å². The average Bonchev–Trinajstić information content (AvgIpc) is 2.40. The Balaban J connectivity index is 2.55. The van der Waals surface area contributed by atoms with E-state index >= 15 is 0 Å². The van der Waals surface area contributed by atoms with E-state index in [1.54, 1.807) is 0 Å². The fourth-order valence-corrected chi connectivity index (χ4v) is 2.04. The third-order valence-electron chi connectivity index (χ3n) is 2.66. The van der Waals surface area contributed by atoms with Gasteiger partial charge in [-0.05, 0) is 34.1 Å². The maximum atomic E-state index is 13.6. The zero-order valence-electron chi connectivity index (χ0n) is 10.2. The highest BCUT2D eigenvalue weighted by Gasteiger charge is 2.20. The lowest BCUT2D eigenvalue weighted by atomic mass is 10.0. The van der Waals surface area contributed by atoms with Crippen molar-refractivity contribution in [2.75, 3.05) is 7.11 Å². The maximum absolute atomic E-state index is 13.6. The van der Waals surface area contributed by atoms with Crippen molar-refractivity contribution in [3.05, 3.63) is 63.4 Å². The molecule has 2 rings (SSSR count). The van der Waals surface area contributed by atoms with Gasteiger partial charge in [-0.3, -0.25) is 4.79 Å². The fraction of sp³-hybridized carbons (Fsp3) is 0.0714. The Hall–Kier alpha value is -1.82. The second kappa shape index (κ2) is 5.66. The zero-order valence-corrected chi connectivity index (χ0v) is 11.8. The number of benzene rings is 2. The van der Waals surface area contributed by atoms with Crippen LogP contribution in [0.3, 0.4) is 0 Å². The molecular formula is C14H8BrF3O2. The fourth-order valence-electron chi connectivity index (χ4n) is 1.69. The van der Waals surface area contributed by atoms with Crippen molar-refractivity contribution in [3.8, 4) is 5.75 Å². The van der Waals surface area contributed by atoms with Gasteiger partial charge in [0.2, 0.25) is 0 Å². The lowest BCUT2D eigenvalue weighted by Gasteiger charge is -2.09. The van der Waals surface area contributed by atoms with Crippen molar-refractivity contribution in [2.24, 2.45) is 0 Å². The molecule has 0 saturated carbocycles. The molecule has 20 heavy (non-hydrogen) atoms. The summed E-state index contributed by atoms with van der Waals surface area (Å²) in [5.74, 6) is -3.14. The standard InChI is InChI=1S/C14H8BrF3O2/c1-20-13-6-12(18)10(15)5-9(13)14(19)8-3-2-7(16)4-11(8)17/h2-6H,1H3. The Morgan fingerprint density at radius 1 is 1.05 bits per heavy atom. The predicted molar refractivity (Wildman–Crippen MR) is 70.4 cm³/mol. The summed E-state index contributed by atoms with van der Waals surface area (Å²) in [5.41, 5.74) is -0.338. The minimum atomic E-state index is -0.988. The average molecular weight is 345 g/mol. The lowest BCUT2D eigenvalue weighted by Crippen LogP contribution is -2.07. The van der Waals surface area contributed by atoms with Crippen LogP contribution in [0.15, 0.2) is 34.8 Å². The normalized spacial score (nSPS) is 10.4. The molecule has 0 N–H and O–H groups in total. The van der Waals surface area contributed by atoms with E-state index in [0.717, 1.165) is 18.2 Å². The van der Waals surface area contributed by atoms with Crippen molar-refractivity contribution >= 4 is 21.7 Å². The maximum Gasteiger partial charge on any atom is 0.199 e. The highest BCUT2D eigenvalue weighted by Crippen LogP contribution is 2.29. The van der Waals surface area contributed by atoms with Crippen LogP contribution in [-0.4, -0.2) is 12.9 Å². The molecule has 6 heteroatoms. The highest BCUT2D eigenvalue weighted by molar-refractivity contribution is 9.10. The molecule has 0 fully saturated rings. The SMILES string of the molecule is COc1cc(F)c(Br)cc1C(=O)c1ccc(F)cc1F. The van der Waals surface area contributed by atoms with Crippen LogP contribution in [0.1, 0.15) is 15.9 Å². The summed E-state index contributed by atoms with van der Waals surface area (Å²) in [4.78, 5) is 12.2. The van der Waals surface area contributed by atoms with Gasteiger partial charge < -0.3 is 4.74 Å². The van der Waals surface area contributed by atoms with Gasteiger partial charge >= 0.3 is 0 Å². The van der Waals surface area contributed by atoms with E-state index in [-0.39, 0.29) is 21.3 Å². The van der Waals surface area contributed by atoms with Crippen LogP contribution >= 0.6 is 15.9 Å². The van der Waals surface area contributed by atoms with E-state index in [1.807, 2.05) is 0 Å². The van der Waals surface area contributed by atoms with Gasteiger partial charge in [-0.1, -0.05) is 0 Å². The number of hydrogen-bond donors (Lipinski definition) is 0. The monoisotopic (exact) mass is 344 g/mol. The minimum Gasteiger partial charge on any atom is -0.496 e. The molecule has 104 valence electrons. The van der Waals surface area contributed by atoms with Gasteiger partial charge in [0.05, 0.1) is 22.7 Å². The van der Waals surface area contributed by atoms with Crippen molar-refractivity contribution in [1.29, 1.82) is 0 Å². The van der Waals surface area contributed by atoms with Crippen LogP contribution in [0.5, 0.6) is 5.75 Å². The van der Waals surface area contributed by atoms with Gasteiger partial charge in [-0.2, -0.15) is 0 Å². The number of carbonyl (C=O) groups excluding carboxylic acids is 1. The molecule has 0 heterocycles. The number of methoxy groups -OCH3 is 1. The molecule has 0 amide bonds. The van der Waals surface area contributed by atoms with E-state index in [2.05, 4.69) is 15.9 Å². The summed E-state index contributed by atoms with van der Waals surface area (Å²) < 4.78 is 44.8. The summed E-state index contributed by atoms with van der Waals surface area (Å²) in [6.45, 7) is 0. The molecule has 2 aromatic carbocycles. The first kappa shape index (κ1) is 14.6. The topological polar surface area (TPSA) is 26.3 Å². The first-order chi connectivity index (χ1) is 9.43. The molecular weight excluding hydrogens is 337 g/mol. The molecule has 0 aliphatic carbocycles. The third kappa shape index (κ3) is 2.70. The number of hydrogen-bond acceptors (Lipinski definition) is 2. The smallest absolute Gasteiger partial charge is 0.199 e. The van der Waals surface area contributed by atoms with Crippen molar-refractivity contribution in [3.63, 3.8) is 0 Å². The van der Waals surface area contributed by atoms with Crippen LogP contribution < -0.4 is 4.74 Å². The van der Waals surface area contributed by atoms with Gasteiger partial charge in [0.15, 0.2) is 5.78 Å². The first-order valence-electron chi connectivity index (χ1n) is 5.47. The Bertz CT molecular complexity index is 686. The quantitative estimate of drug-likeness (QED) is 0.783. The molecule has 2 nitrogen and oxygen atoms in total. The third-order valence-corrected chi connectivity index (χ3v) is 3.27.